The van der Waals surface area contributed by atoms with E-state index in [0.717, 1.165) is 76.8 Å². The van der Waals surface area contributed by atoms with Gasteiger partial charge in [0.1, 0.15) is 5.82 Å². The molecular formula is C21H32FIN4O. The van der Waals surface area contributed by atoms with Crippen molar-refractivity contribution in [2.45, 2.75) is 24.7 Å². The number of nitrogens with zero attached hydrogens (tertiary/aromatic N) is 3. The quantitative estimate of drug-likeness (QED) is 0.382. The summed E-state index contributed by atoms with van der Waals surface area (Å²) in [5, 5.41) is 3.54. The summed E-state index contributed by atoms with van der Waals surface area (Å²) in [5.41, 5.74) is 0.786. The highest BCUT2D eigenvalue weighted by Gasteiger charge is 2.46. The molecular weight excluding hydrogens is 470 g/mol. The van der Waals surface area contributed by atoms with Gasteiger partial charge in [-0.1, -0.05) is 18.2 Å². The fourth-order valence-corrected chi connectivity index (χ4v) is 4.49. The van der Waals surface area contributed by atoms with Gasteiger partial charge in [0.2, 0.25) is 0 Å². The standard InChI is InChI=1S/C21H31FN4O.HI/c1-23-20(24-16-21(7-8-21)18-4-2-3-5-19(18)22)26-9-6-17(15-26)14-25-10-12-27-13-11-25;/h2-5,17H,6-16H2,1H3,(H,23,24);1H. The van der Waals surface area contributed by atoms with Gasteiger partial charge in [0.25, 0.3) is 0 Å². The average molecular weight is 502 g/mol. The van der Waals surface area contributed by atoms with Gasteiger partial charge in [0.15, 0.2) is 5.96 Å². The van der Waals surface area contributed by atoms with E-state index in [9.17, 15) is 4.39 Å². The summed E-state index contributed by atoms with van der Waals surface area (Å²) in [4.78, 5) is 9.39. The van der Waals surface area contributed by atoms with Crippen molar-refractivity contribution in [2.75, 3.05) is 59.5 Å². The molecule has 0 radical (unpaired) electrons. The summed E-state index contributed by atoms with van der Waals surface area (Å²) >= 11 is 0. The van der Waals surface area contributed by atoms with Gasteiger partial charge in [-0.2, -0.15) is 0 Å². The summed E-state index contributed by atoms with van der Waals surface area (Å²) in [6.45, 7) is 7.81. The third kappa shape index (κ3) is 4.97. The Morgan fingerprint density at radius 1 is 1.25 bits per heavy atom. The van der Waals surface area contributed by atoms with Crippen molar-refractivity contribution in [1.29, 1.82) is 0 Å². The lowest BCUT2D eigenvalue weighted by Crippen LogP contribution is -2.44. The van der Waals surface area contributed by atoms with Crippen LogP contribution in [-0.4, -0.2) is 75.3 Å². The van der Waals surface area contributed by atoms with Crippen LogP contribution in [0.5, 0.6) is 0 Å². The predicted molar refractivity (Wildman–Crippen MR) is 121 cm³/mol. The van der Waals surface area contributed by atoms with E-state index in [1.54, 1.807) is 12.1 Å². The maximum absolute atomic E-state index is 14.2. The van der Waals surface area contributed by atoms with E-state index in [2.05, 4.69) is 20.1 Å². The van der Waals surface area contributed by atoms with Crippen LogP contribution in [0, 0.1) is 11.7 Å². The molecule has 3 aliphatic rings. The molecule has 5 nitrogen and oxygen atoms in total. The van der Waals surface area contributed by atoms with Crippen LogP contribution in [0.25, 0.3) is 0 Å². The largest absolute Gasteiger partial charge is 0.379 e. The number of benzene rings is 1. The summed E-state index contributed by atoms with van der Waals surface area (Å²) in [6.07, 6.45) is 3.28. The molecule has 28 heavy (non-hydrogen) atoms. The first kappa shape index (κ1) is 21.8. The summed E-state index contributed by atoms with van der Waals surface area (Å²) in [5.74, 6) is 1.56. The van der Waals surface area contributed by atoms with E-state index >= 15 is 0 Å². The molecule has 0 spiro atoms. The molecule has 4 rings (SSSR count). The van der Waals surface area contributed by atoms with Crippen LogP contribution in [0.3, 0.4) is 0 Å². The van der Waals surface area contributed by atoms with Crippen LogP contribution in [0.4, 0.5) is 4.39 Å². The van der Waals surface area contributed by atoms with E-state index in [0.29, 0.717) is 5.92 Å². The molecule has 1 unspecified atom stereocenters. The Hall–Kier alpha value is -0.930. The van der Waals surface area contributed by atoms with Gasteiger partial charge >= 0.3 is 0 Å². The zero-order valence-corrected chi connectivity index (χ0v) is 19.0. The van der Waals surface area contributed by atoms with Gasteiger partial charge in [0.05, 0.1) is 13.2 Å². The average Bonchev–Trinajstić information content (AvgIpc) is 3.34. The molecule has 0 bridgehead atoms. The molecule has 1 N–H and O–H groups in total. The number of hydrogen-bond donors (Lipinski definition) is 1. The molecule has 3 fully saturated rings. The highest BCUT2D eigenvalue weighted by molar-refractivity contribution is 14.0. The molecule has 2 saturated heterocycles. The highest BCUT2D eigenvalue weighted by atomic mass is 127. The van der Waals surface area contributed by atoms with Crippen LogP contribution in [0.2, 0.25) is 0 Å². The lowest BCUT2D eigenvalue weighted by molar-refractivity contribution is 0.0315. The second-order valence-electron chi connectivity index (χ2n) is 8.17. The second kappa shape index (κ2) is 9.71. The Labute approximate surface area is 184 Å². The van der Waals surface area contributed by atoms with E-state index in [1.807, 2.05) is 19.2 Å². The molecule has 2 aliphatic heterocycles. The number of rotatable bonds is 5. The maximum Gasteiger partial charge on any atom is 0.193 e. The summed E-state index contributed by atoms with van der Waals surface area (Å²) < 4.78 is 19.7. The number of halogens is 2. The normalized spacial score (nSPS) is 24.7. The third-order valence-corrected chi connectivity index (χ3v) is 6.30. The Balaban J connectivity index is 0.00000225. The minimum Gasteiger partial charge on any atom is -0.379 e. The first-order valence-corrected chi connectivity index (χ1v) is 10.2. The van der Waals surface area contributed by atoms with Crippen molar-refractivity contribution in [3.05, 3.63) is 35.6 Å². The van der Waals surface area contributed by atoms with Crippen LogP contribution in [0.1, 0.15) is 24.8 Å². The fraction of sp³-hybridized carbons (Fsp3) is 0.667. The molecule has 0 aromatic heterocycles. The number of guanidine groups is 1. The van der Waals surface area contributed by atoms with Crippen molar-refractivity contribution in [1.82, 2.24) is 15.1 Å². The second-order valence-corrected chi connectivity index (χ2v) is 8.17. The number of aliphatic imine (C=N–C) groups is 1. The van der Waals surface area contributed by atoms with Crippen LogP contribution < -0.4 is 5.32 Å². The van der Waals surface area contributed by atoms with Crippen molar-refractivity contribution in [2.24, 2.45) is 10.9 Å². The Kier molecular flexibility index (Phi) is 7.55. The predicted octanol–water partition coefficient (Wildman–Crippen LogP) is 2.70. The molecule has 7 heteroatoms. The minimum absolute atomic E-state index is 0. The number of hydrogen-bond acceptors (Lipinski definition) is 3. The van der Waals surface area contributed by atoms with Crippen molar-refractivity contribution in [3.8, 4) is 0 Å². The lowest BCUT2D eigenvalue weighted by Gasteiger charge is -2.29. The van der Waals surface area contributed by atoms with Crippen LogP contribution in [0.15, 0.2) is 29.3 Å². The molecule has 2 heterocycles. The van der Waals surface area contributed by atoms with Gasteiger partial charge in [-0.15, -0.1) is 24.0 Å². The zero-order chi connectivity index (χ0) is 18.7. The molecule has 1 aromatic carbocycles. The highest BCUT2D eigenvalue weighted by Crippen LogP contribution is 2.48. The molecule has 1 atom stereocenters. The number of morpholine rings is 1. The third-order valence-electron chi connectivity index (χ3n) is 6.30. The molecule has 1 saturated carbocycles. The minimum atomic E-state index is -0.0847. The Morgan fingerprint density at radius 3 is 2.68 bits per heavy atom. The number of nitrogens with one attached hydrogen (secondary N) is 1. The van der Waals surface area contributed by atoms with Crippen LogP contribution in [-0.2, 0) is 10.2 Å². The van der Waals surface area contributed by atoms with Crippen molar-refractivity contribution < 1.29 is 9.13 Å². The van der Waals surface area contributed by atoms with Gasteiger partial charge in [-0.3, -0.25) is 9.89 Å². The molecule has 0 amide bonds. The number of ether oxygens (including phenoxy) is 1. The smallest absolute Gasteiger partial charge is 0.193 e. The maximum atomic E-state index is 14.2. The van der Waals surface area contributed by atoms with E-state index in [-0.39, 0.29) is 35.2 Å². The van der Waals surface area contributed by atoms with E-state index in [1.165, 1.54) is 6.42 Å². The van der Waals surface area contributed by atoms with Crippen molar-refractivity contribution in [3.63, 3.8) is 0 Å². The Morgan fingerprint density at radius 2 is 2.00 bits per heavy atom. The van der Waals surface area contributed by atoms with Gasteiger partial charge in [0, 0.05) is 51.7 Å². The molecule has 1 aliphatic carbocycles. The first-order chi connectivity index (χ1) is 13.2. The van der Waals surface area contributed by atoms with E-state index in [4.69, 9.17) is 4.74 Å². The van der Waals surface area contributed by atoms with Gasteiger partial charge < -0.3 is 15.0 Å². The van der Waals surface area contributed by atoms with Crippen LogP contribution >= 0.6 is 24.0 Å². The van der Waals surface area contributed by atoms with Gasteiger partial charge in [-0.05, 0) is 36.8 Å². The Bertz CT molecular complexity index is 676. The fourth-order valence-electron chi connectivity index (χ4n) is 4.49. The van der Waals surface area contributed by atoms with E-state index < -0.39 is 0 Å². The lowest BCUT2D eigenvalue weighted by atomic mass is 9.95. The van der Waals surface area contributed by atoms with Crippen molar-refractivity contribution >= 4 is 29.9 Å². The SMILES string of the molecule is CN=C(NCC1(c2ccccc2F)CC1)N1CCC(CN2CCOCC2)C1.I. The van der Waals surface area contributed by atoms with Gasteiger partial charge in [-0.25, -0.2) is 4.39 Å². The molecule has 1 aromatic rings. The topological polar surface area (TPSA) is 40.1 Å². The monoisotopic (exact) mass is 502 g/mol. The zero-order valence-electron chi connectivity index (χ0n) is 16.7. The first-order valence-electron chi connectivity index (χ1n) is 10.2. The number of likely N-dealkylation sites (tertiary alicyclic amines) is 1. The summed E-state index contributed by atoms with van der Waals surface area (Å²) in [6, 6.07) is 7.20. The summed E-state index contributed by atoms with van der Waals surface area (Å²) in [7, 11) is 1.85. The molecule has 156 valence electrons.